The minimum Gasteiger partial charge on any atom is -0.466 e. The summed E-state index contributed by atoms with van der Waals surface area (Å²) >= 11 is 0. The summed E-state index contributed by atoms with van der Waals surface area (Å²) in [6.45, 7) is 6.49. The molecule has 0 bridgehead atoms. The molecule has 0 spiro atoms. The topological polar surface area (TPSA) is 25.2 Å². The van der Waals surface area contributed by atoms with E-state index in [2.05, 4.69) is 5.32 Å². The highest BCUT2D eigenvalue weighted by Crippen LogP contribution is 2.40. The molecule has 0 aliphatic heterocycles. The molecular weight excluding hydrogens is 231 g/mol. The Kier molecular flexibility index (Phi) is 3.91. The lowest BCUT2D eigenvalue weighted by atomic mass is 9.91. The van der Waals surface area contributed by atoms with Crippen molar-refractivity contribution in [2.75, 3.05) is 6.54 Å². The predicted molar refractivity (Wildman–Crippen MR) is 59.9 cm³/mol. The molecule has 0 radical (unpaired) electrons. The fourth-order valence-corrected chi connectivity index (χ4v) is 1.85. The zero-order valence-corrected chi connectivity index (χ0v) is 10.5. The lowest BCUT2D eigenvalue weighted by Gasteiger charge is -2.33. The van der Waals surface area contributed by atoms with E-state index in [0.29, 0.717) is 24.5 Å². The molecule has 1 rings (SSSR count). The fourth-order valence-electron chi connectivity index (χ4n) is 1.85. The van der Waals surface area contributed by atoms with Crippen molar-refractivity contribution in [2.45, 2.75) is 45.8 Å². The van der Waals surface area contributed by atoms with Crippen molar-refractivity contribution in [3.8, 4) is 0 Å². The fraction of sp³-hybridized carbons (Fsp3) is 0.667. The van der Waals surface area contributed by atoms with E-state index < -0.39 is 11.7 Å². The van der Waals surface area contributed by atoms with Crippen LogP contribution < -0.4 is 5.32 Å². The molecule has 5 heteroatoms. The molecule has 1 N–H and O–H groups in total. The van der Waals surface area contributed by atoms with E-state index in [1.807, 2.05) is 6.92 Å². The first-order chi connectivity index (χ1) is 7.72. The second-order valence-electron chi connectivity index (χ2n) is 4.38. The van der Waals surface area contributed by atoms with Gasteiger partial charge in [0.05, 0.1) is 0 Å². The summed E-state index contributed by atoms with van der Waals surface area (Å²) in [5, 5.41) is 2.57. The molecule has 1 heterocycles. The minimum atomic E-state index is -4.36. The van der Waals surface area contributed by atoms with Gasteiger partial charge in [0, 0.05) is 5.56 Å². The molecule has 0 saturated heterocycles. The van der Waals surface area contributed by atoms with Gasteiger partial charge < -0.3 is 9.73 Å². The summed E-state index contributed by atoms with van der Waals surface area (Å²) in [4.78, 5) is 0. The molecule has 1 atom stereocenters. The van der Waals surface area contributed by atoms with Crippen LogP contribution in [-0.2, 0) is 5.54 Å². The average molecular weight is 249 g/mol. The van der Waals surface area contributed by atoms with Crippen molar-refractivity contribution in [1.29, 1.82) is 0 Å². The van der Waals surface area contributed by atoms with E-state index in [9.17, 15) is 13.2 Å². The van der Waals surface area contributed by atoms with Gasteiger partial charge in [0.2, 0.25) is 0 Å². The number of hydrogen-bond donors (Lipinski definition) is 1. The summed E-state index contributed by atoms with van der Waals surface area (Å²) in [5.74, 6) is 0.803. The molecule has 98 valence electrons. The summed E-state index contributed by atoms with van der Waals surface area (Å²) in [6.07, 6.45) is -3.72. The zero-order valence-electron chi connectivity index (χ0n) is 10.5. The Bertz CT molecular complexity index is 384. The summed E-state index contributed by atoms with van der Waals surface area (Å²) in [7, 11) is 0. The van der Waals surface area contributed by atoms with Gasteiger partial charge in [-0.25, -0.2) is 0 Å². The molecule has 0 aromatic carbocycles. The van der Waals surface area contributed by atoms with E-state index in [1.165, 1.54) is 6.07 Å². The van der Waals surface area contributed by atoms with Gasteiger partial charge in [-0.3, -0.25) is 0 Å². The van der Waals surface area contributed by atoms with Gasteiger partial charge in [0.25, 0.3) is 0 Å². The predicted octanol–water partition coefficient (Wildman–Crippen LogP) is 3.67. The van der Waals surface area contributed by atoms with Crippen molar-refractivity contribution in [2.24, 2.45) is 0 Å². The Morgan fingerprint density at radius 3 is 2.24 bits per heavy atom. The van der Waals surface area contributed by atoms with Gasteiger partial charge in [0.15, 0.2) is 0 Å². The largest absolute Gasteiger partial charge is 0.466 e. The maximum atomic E-state index is 13.2. The van der Waals surface area contributed by atoms with Crippen molar-refractivity contribution in [1.82, 2.24) is 5.32 Å². The van der Waals surface area contributed by atoms with Crippen molar-refractivity contribution < 1.29 is 17.6 Å². The van der Waals surface area contributed by atoms with Crippen molar-refractivity contribution in [3.05, 3.63) is 23.2 Å². The maximum absolute atomic E-state index is 13.2. The third-order valence-corrected chi connectivity index (χ3v) is 2.88. The Morgan fingerprint density at radius 1 is 1.29 bits per heavy atom. The van der Waals surface area contributed by atoms with Crippen LogP contribution in [0, 0.1) is 13.8 Å². The molecular formula is C12H18F3NO. The van der Waals surface area contributed by atoms with E-state index in [-0.39, 0.29) is 5.56 Å². The van der Waals surface area contributed by atoms with Crippen LogP contribution in [0.1, 0.15) is 37.4 Å². The number of nitrogens with one attached hydrogen (secondary N) is 1. The number of alkyl halides is 3. The molecule has 17 heavy (non-hydrogen) atoms. The molecule has 0 aliphatic rings. The molecule has 0 amide bonds. The molecule has 1 unspecified atom stereocenters. The van der Waals surface area contributed by atoms with E-state index in [4.69, 9.17) is 4.42 Å². The van der Waals surface area contributed by atoms with Crippen LogP contribution in [0.2, 0.25) is 0 Å². The third-order valence-electron chi connectivity index (χ3n) is 2.88. The molecule has 1 aromatic rings. The highest BCUT2D eigenvalue weighted by atomic mass is 19.4. The Morgan fingerprint density at radius 2 is 1.88 bits per heavy atom. The third kappa shape index (κ3) is 2.65. The second-order valence-corrected chi connectivity index (χ2v) is 4.38. The van der Waals surface area contributed by atoms with Gasteiger partial charge >= 0.3 is 6.18 Å². The number of hydrogen-bond acceptors (Lipinski definition) is 2. The van der Waals surface area contributed by atoms with Crippen LogP contribution in [0.3, 0.4) is 0 Å². The van der Waals surface area contributed by atoms with Gasteiger partial charge in [-0.1, -0.05) is 6.92 Å². The van der Waals surface area contributed by atoms with Crippen molar-refractivity contribution in [3.63, 3.8) is 0 Å². The van der Waals surface area contributed by atoms with Crippen molar-refractivity contribution >= 4 is 0 Å². The molecule has 0 fully saturated rings. The summed E-state index contributed by atoms with van der Waals surface area (Å²) in [5.41, 5.74) is -1.89. The van der Waals surface area contributed by atoms with Crippen LogP contribution in [-0.4, -0.2) is 12.7 Å². The Hall–Kier alpha value is -0.970. The number of furan rings is 1. The van der Waals surface area contributed by atoms with Gasteiger partial charge in [-0.15, -0.1) is 0 Å². The Labute approximate surface area is 99.2 Å². The second kappa shape index (κ2) is 4.72. The first-order valence-electron chi connectivity index (χ1n) is 5.61. The summed E-state index contributed by atoms with van der Waals surface area (Å²) < 4.78 is 44.8. The number of halogens is 3. The lowest BCUT2D eigenvalue weighted by Crippen LogP contribution is -2.52. The first kappa shape index (κ1) is 14.1. The Balaban J connectivity index is 3.19. The SMILES string of the molecule is CCCNC(C)(c1cc(C)oc1C)C(F)(F)F. The standard InChI is InChI=1S/C12H18F3NO/c1-5-6-16-11(4,12(13,14)15)10-7-8(2)17-9(10)3/h7,16H,5-6H2,1-4H3. The quantitative estimate of drug-likeness (QED) is 0.880. The monoisotopic (exact) mass is 249 g/mol. The number of rotatable bonds is 4. The van der Waals surface area contributed by atoms with Gasteiger partial charge in [0.1, 0.15) is 17.1 Å². The van der Waals surface area contributed by atoms with E-state index >= 15 is 0 Å². The van der Waals surface area contributed by atoms with Gasteiger partial charge in [-0.2, -0.15) is 13.2 Å². The molecule has 2 nitrogen and oxygen atoms in total. The smallest absolute Gasteiger partial charge is 0.410 e. The highest BCUT2D eigenvalue weighted by molar-refractivity contribution is 5.30. The van der Waals surface area contributed by atoms with Crippen LogP contribution in [0.15, 0.2) is 10.5 Å². The van der Waals surface area contributed by atoms with Gasteiger partial charge in [-0.05, 0) is 39.8 Å². The van der Waals surface area contributed by atoms with E-state index in [0.717, 1.165) is 6.92 Å². The minimum absolute atomic E-state index is 0.163. The molecule has 0 aliphatic carbocycles. The van der Waals surface area contributed by atoms with Crippen LogP contribution >= 0.6 is 0 Å². The molecule has 1 aromatic heterocycles. The van der Waals surface area contributed by atoms with Crippen LogP contribution in [0.4, 0.5) is 13.2 Å². The van der Waals surface area contributed by atoms with Crippen LogP contribution in [0.5, 0.6) is 0 Å². The average Bonchev–Trinajstić information content (AvgIpc) is 2.53. The normalized spacial score (nSPS) is 15.9. The maximum Gasteiger partial charge on any atom is 0.410 e. The summed E-state index contributed by atoms with van der Waals surface area (Å²) in [6, 6.07) is 1.45. The highest BCUT2D eigenvalue weighted by Gasteiger charge is 2.53. The van der Waals surface area contributed by atoms with E-state index in [1.54, 1.807) is 13.8 Å². The zero-order chi connectivity index (χ0) is 13.3. The van der Waals surface area contributed by atoms with Crippen LogP contribution in [0.25, 0.3) is 0 Å². The number of aryl methyl sites for hydroxylation is 2. The lowest BCUT2D eigenvalue weighted by molar-refractivity contribution is -0.195. The first-order valence-corrected chi connectivity index (χ1v) is 5.61. The molecule has 0 saturated carbocycles.